The average Bonchev–Trinajstić information content (AvgIpc) is 3.77. The summed E-state index contributed by atoms with van der Waals surface area (Å²) in [7, 11) is 0. The van der Waals surface area contributed by atoms with Crippen LogP contribution in [-0.2, 0) is 14.3 Å². The minimum Gasteiger partial charge on any atom is -0.449 e. The van der Waals surface area contributed by atoms with Crippen molar-refractivity contribution < 1.29 is 29.1 Å². The van der Waals surface area contributed by atoms with Crippen LogP contribution in [0.15, 0.2) is 47.2 Å². The maximum absolute atomic E-state index is 13.8. The van der Waals surface area contributed by atoms with Crippen LogP contribution in [-0.4, -0.2) is 39.9 Å². The lowest BCUT2D eigenvalue weighted by molar-refractivity contribution is -0.513. The maximum Gasteiger partial charge on any atom is 0.309 e. The summed E-state index contributed by atoms with van der Waals surface area (Å²) in [6, 6.07) is 8.37. The number of quaternary nitrogens is 1. The van der Waals surface area contributed by atoms with Crippen molar-refractivity contribution in [2.24, 2.45) is 34.5 Å². The molecule has 222 valence electrons. The number of rotatable bonds is 7. The number of ether oxygens (including phenoxy) is 1. The molecule has 0 aliphatic heterocycles. The van der Waals surface area contributed by atoms with Crippen molar-refractivity contribution in [2.75, 3.05) is 5.75 Å². The minimum absolute atomic E-state index is 0.000843. The summed E-state index contributed by atoms with van der Waals surface area (Å²) in [6.07, 6.45) is 8.22. The number of hydrogen-bond acceptors (Lipinski definition) is 7. The molecule has 1 aromatic rings. The number of nitrogens with two attached hydrogens (primary N) is 1. The van der Waals surface area contributed by atoms with Crippen molar-refractivity contribution in [3.8, 4) is 6.07 Å². The molecule has 4 saturated carbocycles. The zero-order chi connectivity index (χ0) is 29.9. The SMILES string of the molecule is CC12CC(C=N)=C([NH2+]c3ccc(F)cc3)C=C1CCC1C2C(O)CC2(C)C1CCC2(OC(=O)C1CC1)C(=O)SCC#N. The van der Waals surface area contributed by atoms with Gasteiger partial charge >= 0.3 is 5.97 Å². The van der Waals surface area contributed by atoms with Crippen molar-refractivity contribution in [1.82, 2.24) is 0 Å². The average molecular weight is 593 g/mol. The molecule has 0 amide bonds. The first-order valence-corrected chi connectivity index (χ1v) is 16.0. The number of carbonyl (C=O) groups is 2. The number of thioether (sulfide) groups is 1. The highest BCUT2D eigenvalue weighted by Gasteiger charge is 2.71. The Morgan fingerprint density at radius 3 is 2.64 bits per heavy atom. The van der Waals surface area contributed by atoms with Gasteiger partial charge in [0.25, 0.3) is 0 Å². The number of nitrogens with one attached hydrogen (secondary N) is 1. The Kier molecular flexibility index (Phi) is 7.48. The number of aliphatic hydroxyl groups excluding tert-OH is 1. The van der Waals surface area contributed by atoms with Crippen LogP contribution in [0.2, 0.25) is 0 Å². The molecule has 0 spiro atoms. The number of nitrogens with zero attached hydrogens (tertiary/aromatic N) is 1. The highest BCUT2D eigenvalue weighted by atomic mass is 32.2. The van der Waals surface area contributed by atoms with Gasteiger partial charge < -0.3 is 15.3 Å². The number of carbonyl (C=O) groups excluding carboxylic acids is 2. The molecule has 0 radical (unpaired) electrons. The summed E-state index contributed by atoms with van der Waals surface area (Å²) in [6.45, 7) is 4.24. The van der Waals surface area contributed by atoms with Crippen molar-refractivity contribution in [3.63, 3.8) is 0 Å². The number of halogens is 1. The molecular formula is C33H39FN3O4S+. The van der Waals surface area contributed by atoms with Crippen LogP contribution < -0.4 is 5.32 Å². The molecule has 1 aromatic carbocycles. The highest BCUT2D eigenvalue weighted by Crippen LogP contribution is 2.69. The molecular weight excluding hydrogens is 553 g/mol. The molecule has 7 atom stereocenters. The lowest BCUT2D eigenvalue weighted by atomic mass is 9.45. The quantitative estimate of drug-likeness (QED) is 0.234. The normalized spacial score (nSPS) is 37.1. The summed E-state index contributed by atoms with van der Waals surface area (Å²) in [5.41, 5.74) is 1.54. The van der Waals surface area contributed by atoms with Gasteiger partial charge in [-0.1, -0.05) is 31.2 Å². The molecule has 0 saturated heterocycles. The molecule has 0 heterocycles. The molecule has 0 aromatic heterocycles. The van der Waals surface area contributed by atoms with E-state index in [-0.39, 0.29) is 51.7 Å². The fourth-order valence-corrected chi connectivity index (χ4v) is 9.85. The second-order valence-electron chi connectivity index (χ2n) is 13.4. The van der Waals surface area contributed by atoms with Crippen molar-refractivity contribution in [2.45, 2.75) is 76.9 Å². The Bertz CT molecular complexity index is 1410. The first-order chi connectivity index (χ1) is 20.1. The van der Waals surface area contributed by atoms with Gasteiger partial charge in [0.1, 0.15) is 17.2 Å². The van der Waals surface area contributed by atoms with Gasteiger partial charge in [0, 0.05) is 29.3 Å². The van der Waals surface area contributed by atoms with Crippen LogP contribution in [0.1, 0.15) is 65.2 Å². The first kappa shape index (κ1) is 29.3. The van der Waals surface area contributed by atoms with Crippen molar-refractivity contribution >= 4 is 34.7 Å². The molecule has 5 aliphatic rings. The molecule has 0 bridgehead atoms. The van der Waals surface area contributed by atoms with Gasteiger partial charge in [-0.2, -0.15) is 5.26 Å². The van der Waals surface area contributed by atoms with Crippen LogP contribution in [0.4, 0.5) is 10.1 Å². The van der Waals surface area contributed by atoms with Gasteiger partial charge in [0.05, 0.1) is 23.8 Å². The van der Waals surface area contributed by atoms with Crippen LogP contribution in [0, 0.1) is 57.1 Å². The largest absolute Gasteiger partial charge is 0.449 e. The number of hydrogen-bond donors (Lipinski definition) is 3. The summed E-state index contributed by atoms with van der Waals surface area (Å²) in [5.74, 6) is -0.612. The van der Waals surface area contributed by atoms with E-state index in [1.54, 1.807) is 12.1 Å². The Hall–Kier alpha value is -2.80. The lowest BCUT2D eigenvalue weighted by Crippen LogP contribution is -2.76. The number of allylic oxidation sites excluding steroid dienone is 3. The monoisotopic (exact) mass is 592 g/mol. The smallest absolute Gasteiger partial charge is 0.309 e. The second kappa shape index (κ2) is 10.7. The summed E-state index contributed by atoms with van der Waals surface area (Å²) >= 11 is 0.931. The van der Waals surface area contributed by atoms with Gasteiger partial charge in [-0.05, 0) is 92.7 Å². The van der Waals surface area contributed by atoms with Gasteiger partial charge in [0.15, 0.2) is 5.60 Å². The van der Waals surface area contributed by atoms with Crippen LogP contribution in [0.3, 0.4) is 0 Å². The standard InChI is InChI=1S/C33H38FN3O4S/c1-31-16-20(18-36)26(37-23-8-6-22(34)7-9-23)15-21(31)5-10-24-25-11-12-33(30(40)42-14-13-35,41-29(39)19-3-4-19)32(25,2)17-27(38)28(24)31/h6-9,15,18-19,24-25,27-28,36-38H,3-5,10-12,14,16-17H2,1-2H3/p+1. The van der Waals surface area contributed by atoms with Crippen LogP contribution in [0.25, 0.3) is 0 Å². The van der Waals surface area contributed by atoms with E-state index in [0.717, 1.165) is 60.8 Å². The maximum atomic E-state index is 13.8. The van der Waals surface area contributed by atoms with Gasteiger partial charge in [-0.25, -0.2) is 4.39 Å². The number of fused-ring (bicyclic) bond motifs is 5. The molecule has 9 heteroatoms. The van der Waals surface area contributed by atoms with Crippen LogP contribution in [0.5, 0.6) is 0 Å². The Labute approximate surface area is 250 Å². The molecule has 4 fully saturated rings. The number of aliphatic hydroxyl groups is 1. The van der Waals surface area contributed by atoms with Gasteiger partial charge in [-0.3, -0.25) is 14.9 Å². The highest BCUT2D eigenvalue weighted by molar-refractivity contribution is 8.14. The molecule has 4 N–H and O–H groups in total. The zero-order valence-electron chi connectivity index (χ0n) is 24.2. The summed E-state index contributed by atoms with van der Waals surface area (Å²) in [4.78, 5) is 26.8. The van der Waals surface area contributed by atoms with E-state index >= 15 is 0 Å². The Balaban J connectivity index is 1.31. The summed E-state index contributed by atoms with van der Waals surface area (Å²) < 4.78 is 19.7. The molecule has 5 aliphatic carbocycles. The predicted octanol–water partition coefficient (Wildman–Crippen LogP) is 4.94. The molecule has 6 rings (SSSR count). The molecule has 7 unspecified atom stereocenters. The van der Waals surface area contributed by atoms with E-state index in [1.807, 2.05) is 18.3 Å². The number of benzene rings is 1. The van der Waals surface area contributed by atoms with Crippen molar-refractivity contribution in [1.29, 1.82) is 10.7 Å². The third-order valence-electron chi connectivity index (χ3n) is 11.2. The van der Waals surface area contributed by atoms with E-state index in [2.05, 4.69) is 13.0 Å². The van der Waals surface area contributed by atoms with Crippen molar-refractivity contribution in [3.05, 3.63) is 53.0 Å². The van der Waals surface area contributed by atoms with Gasteiger partial charge in [-0.15, -0.1) is 0 Å². The van der Waals surface area contributed by atoms with E-state index in [9.17, 15) is 24.3 Å². The van der Waals surface area contributed by atoms with Crippen LogP contribution >= 0.6 is 11.8 Å². The minimum atomic E-state index is -1.34. The molecule has 42 heavy (non-hydrogen) atoms. The topological polar surface area (TPSA) is 128 Å². The first-order valence-electron chi connectivity index (χ1n) is 15.1. The second-order valence-corrected chi connectivity index (χ2v) is 14.4. The summed E-state index contributed by atoms with van der Waals surface area (Å²) in [5, 5.41) is 31.2. The zero-order valence-corrected chi connectivity index (χ0v) is 25.0. The van der Waals surface area contributed by atoms with Gasteiger partial charge in [0.2, 0.25) is 5.12 Å². The fourth-order valence-electron chi connectivity index (χ4n) is 9.05. The third-order valence-corrected chi connectivity index (χ3v) is 12.1. The fraction of sp³-hybridized carbons (Fsp3) is 0.576. The third kappa shape index (κ3) is 4.58. The number of nitriles is 1. The number of esters is 1. The lowest BCUT2D eigenvalue weighted by Gasteiger charge is -2.60. The molecule has 7 nitrogen and oxygen atoms in total. The van der Waals surface area contributed by atoms with E-state index in [1.165, 1.54) is 23.9 Å². The predicted molar refractivity (Wildman–Crippen MR) is 157 cm³/mol. The van der Waals surface area contributed by atoms with E-state index < -0.39 is 17.1 Å². The van der Waals surface area contributed by atoms with E-state index in [4.69, 9.17) is 10.1 Å². The van der Waals surface area contributed by atoms with E-state index in [0.29, 0.717) is 19.3 Å². The Morgan fingerprint density at radius 1 is 1.24 bits per heavy atom. The Morgan fingerprint density at radius 2 is 1.98 bits per heavy atom.